The minimum Gasteiger partial charge on any atom is -0.319 e. The van der Waals surface area contributed by atoms with Crippen molar-refractivity contribution in [2.75, 3.05) is 0 Å². The van der Waals surface area contributed by atoms with Gasteiger partial charge in [0.25, 0.3) is 0 Å². The first-order valence-electron chi connectivity index (χ1n) is 5.59. The molecule has 2 aromatic rings. The molecule has 4 nitrogen and oxygen atoms in total. The molecule has 96 valence electrons. The average molecular weight is 313 g/mol. The first-order valence-corrected chi connectivity index (χ1v) is 6.38. The highest BCUT2D eigenvalue weighted by molar-refractivity contribution is 9.10. The van der Waals surface area contributed by atoms with E-state index in [1.807, 2.05) is 24.6 Å². The Morgan fingerprint density at radius 2 is 2.28 bits per heavy atom. The van der Waals surface area contributed by atoms with Crippen LogP contribution in [-0.2, 0) is 13.6 Å². The lowest BCUT2D eigenvalue weighted by molar-refractivity contribution is 0.512. The SMILES string of the molecule is CC(NCc1ccc(Br)cc1F)c1nncn1C. The number of hydrogen-bond donors (Lipinski definition) is 1. The van der Waals surface area contributed by atoms with E-state index in [1.54, 1.807) is 12.4 Å². The number of hydrogen-bond acceptors (Lipinski definition) is 3. The molecule has 1 heterocycles. The second-order valence-corrected chi connectivity index (χ2v) is 5.05. The fourth-order valence-electron chi connectivity index (χ4n) is 1.70. The van der Waals surface area contributed by atoms with Gasteiger partial charge in [-0.05, 0) is 19.1 Å². The summed E-state index contributed by atoms with van der Waals surface area (Å²) in [5.41, 5.74) is 0.632. The molecule has 6 heteroatoms. The first-order chi connectivity index (χ1) is 8.58. The zero-order valence-corrected chi connectivity index (χ0v) is 11.8. The zero-order valence-electron chi connectivity index (χ0n) is 10.2. The summed E-state index contributed by atoms with van der Waals surface area (Å²) in [5, 5.41) is 11.1. The molecule has 1 N–H and O–H groups in total. The summed E-state index contributed by atoms with van der Waals surface area (Å²) in [6.07, 6.45) is 1.65. The highest BCUT2D eigenvalue weighted by atomic mass is 79.9. The molecular weight excluding hydrogens is 299 g/mol. The number of aromatic nitrogens is 3. The number of rotatable bonds is 4. The number of aryl methyl sites for hydroxylation is 1. The van der Waals surface area contributed by atoms with Crippen LogP contribution in [0.4, 0.5) is 4.39 Å². The van der Waals surface area contributed by atoms with Crippen molar-refractivity contribution in [1.82, 2.24) is 20.1 Å². The van der Waals surface area contributed by atoms with Crippen LogP contribution in [0.15, 0.2) is 29.0 Å². The van der Waals surface area contributed by atoms with Gasteiger partial charge in [-0.3, -0.25) is 0 Å². The third kappa shape index (κ3) is 2.94. The molecule has 0 radical (unpaired) electrons. The lowest BCUT2D eigenvalue weighted by Crippen LogP contribution is -2.21. The number of nitrogens with zero attached hydrogens (tertiary/aromatic N) is 3. The van der Waals surface area contributed by atoms with E-state index in [1.165, 1.54) is 6.07 Å². The molecule has 0 aliphatic carbocycles. The van der Waals surface area contributed by atoms with Crippen LogP contribution in [0.1, 0.15) is 24.4 Å². The van der Waals surface area contributed by atoms with Crippen LogP contribution in [0.3, 0.4) is 0 Å². The van der Waals surface area contributed by atoms with Crippen LogP contribution < -0.4 is 5.32 Å². The van der Waals surface area contributed by atoms with Gasteiger partial charge in [-0.25, -0.2) is 4.39 Å². The van der Waals surface area contributed by atoms with Gasteiger partial charge in [0.2, 0.25) is 0 Å². The largest absolute Gasteiger partial charge is 0.319 e. The monoisotopic (exact) mass is 312 g/mol. The van der Waals surface area contributed by atoms with Crippen molar-refractivity contribution in [1.29, 1.82) is 0 Å². The lowest BCUT2D eigenvalue weighted by Gasteiger charge is -2.13. The first kappa shape index (κ1) is 13.2. The van der Waals surface area contributed by atoms with Crippen LogP contribution >= 0.6 is 15.9 Å². The molecule has 0 aliphatic rings. The van der Waals surface area contributed by atoms with E-state index in [2.05, 4.69) is 31.4 Å². The van der Waals surface area contributed by atoms with Crippen LogP contribution in [0.5, 0.6) is 0 Å². The molecule has 0 saturated heterocycles. The maximum atomic E-state index is 13.6. The quantitative estimate of drug-likeness (QED) is 0.943. The van der Waals surface area contributed by atoms with Crippen LogP contribution in [0.25, 0.3) is 0 Å². The van der Waals surface area contributed by atoms with Gasteiger partial charge in [-0.2, -0.15) is 0 Å². The summed E-state index contributed by atoms with van der Waals surface area (Å²) in [6.45, 7) is 2.42. The minimum absolute atomic E-state index is 0.0144. The Labute approximate surface area is 113 Å². The van der Waals surface area contributed by atoms with Gasteiger partial charge in [0.05, 0.1) is 6.04 Å². The van der Waals surface area contributed by atoms with Crippen molar-refractivity contribution in [3.63, 3.8) is 0 Å². The summed E-state index contributed by atoms with van der Waals surface area (Å²) in [7, 11) is 1.88. The summed E-state index contributed by atoms with van der Waals surface area (Å²) < 4.78 is 16.2. The van der Waals surface area contributed by atoms with Crippen LogP contribution in [0.2, 0.25) is 0 Å². The molecule has 0 spiro atoms. The molecule has 2 rings (SSSR count). The molecule has 0 bridgehead atoms. The van der Waals surface area contributed by atoms with Crippen molar-refractivity contribution in [2.45, 2.75) is 19.5 Å². The molecule has 0 fully saturated rings. The maximum absolute atomic E-state index is 13.6. The van der Waals surface area contributed by atoms with E-state index < -0.39 is 0 Å². The molecule has 18 heavy (non-hydrogen) atoms. The summed E-state index contributed by atoms with van der Waals surface area (Å²) in [5.74, 6) is 0.606. The highest BCUT2D eigenvalue weighted by Gasteiger charge is 2.11. The Bertz CT molecular complexity index is 541. The molecule has 1 unspecified atom stereocenters. The summed E-state index contributed by atoms with van der Waals surface area (Å²) >= 11 is 3.24. The average Bonchev–Trinajstić information content (AvgIpc) is 2.74. The lowest BCUT2D eigenvalue weighted by atomic mass is 10.2. The van der Waals surface area contributed by atoms with Crippen molar-refractivity contribution in [2.24, 2.45) is 7.05 Å². The molecule has 1 atom stereocenters. The molecule has 1 aromatic carbocycles. The van der Waals surface area contributed by atoms with Crippen molar-refractivity contribution < 1.29 is 4.39 Å². The number of benzene rings is 1. The second kappa shape index (κ2) is 5.58. The van der Waals surface area contributed by atoms with Crippen LogP contribution in [0, 0.1) is 5.82 Å². The Hall–Kier alpha value is -1.27. The van der Waals surface area contributed by atoms with Gasteiger partial charge >= 0.3 is 0 Å². The normalized spacial score (nSPS) is 12.7. The van der Waals surface area contributed by atoms with E-state index in [0.29, 0.717) is 12.1 Å². The molecular formula is C12H14BrFN4. The Morgan fingerprint density at radius 3 is 2.89 bits per heavy atom. The van der Waals surface area contributed by atoms with Crippen molar-refractivity contribution >= 4 is 15.9 Å². The highest BCUT2D eigenvalue weighted by Crippen LogP contribution is 2.16. The number of nitrogens with one attached hydrogen (secondary N) is 1. The maximum Gasteiger partial charge on any atom is 0.149 e. The van der Waals surface area contributed by atoms with Crippen LogP contribution in [-0.4, -0.2) is 14.8 Å². The van der Waals surface area contributed by atoms with Crippen molar-refractivity contribution in [3.8, 4) is 0 Å². The third-order valence-electron chi connectivity index (χ3n) is 2.75. The molecule has 0 saturated carbocycles. The van der Waals surface area contributed by atoms with Gasteiger partial charge in [-0.15, -0.1) is 10.2 Å². The van der Waals surface area contributed by atoms with E-state index in [0.717, 1.165) is 10.3 Å². The van der Waals surface area contributed by atoms with Gasteiger partial charge in [-0.1, -0.05) is 22.0 Å². The third-order valence-corrected chi connectivity index (χ3v) is 3.24. The minimum atomic E-state index is -0.220. The molecule has 0 amide bonds. The van der Waals surface area contributed by atoms with E-state index in [4.69, 9.17) is 0 Å². The topological polar surface area (TPSA) is 42.7 Å². The fraction of sp³-hybridized carbons (Fsp3) is 0.333. The van der Waals surface area contributed by atoms with Gasteiger partial charge in [0.15, 0.2) is 0 Å². The van der Waals surface area contributed by atoms with Gasteiger partial charge < -0.3 is 9.88 Å². The van der Waals surface area contributed by atoms with Gasteiger partial charge in [0, 0.05) is 23.6 Å². The van der Waals surface area contributed by atoms with Gasteiger partial charge in [0.1, 0.15) is 18.0 Å². The fourth-order valence-corrected chi connectivity index (χ4v) is 2.04. The van der Waals surface area contributed by atoms with Crippen molar-refractivity contribution in [3.05, 3.63) is 46.2 Å². The summed E-state index contributed by atoms with van der Waals surface area (Å²) in [4.78, 5) is 0. The predicted molar refractivity (Wildman–Crippen MR) is 70.4 cm³/mol. The summed E-state index contributed by atoms with van der Waals surface area (Å²) in [6, 6.07) is 5.06. The van der Waals surface area contributed by atoms with E-state index in [-0.39, 0.29) is 11.9 Å². The zero-order chi connectivity index (χ0) is 13.1. The Morgan fingerprint density at radius 1 is 1.50 bits per heavy atom. The standard InChI is InChI=1S/C12H14BrFN4/c1-8(12-17-16-7-18(12)2)15-6-9-3-4-10(13)5-11(9)14/h3-5,7-8,15H,6H2,1-2H3. The Kier molecular flexibility index (Phi) is 4.08. The van der Waals surface area contributed by atoms with E-state index in [9.17, 15) is 4.39 Å². The smallest absolute Gasteiger partial charge is 0.149 e. The molecule has 1 aromatic heterocycles. The Balaban J connectivity index is 2.01. The predicted octanol–water partition coefficient (Wildman–Crippen LogP) is 2.57. The second-order valence-electron chi connectivity index (χ2n) is 4.14. The molecule has 0 aliphatic heterocycles. The van der Waals surface area contributed by atoms with E-state index >= 15 is 0 Å². The number of halogens is 2.